The van der Waals surface area contributed by atoms with Crippen LogP contribution in [-0.2, 0) is 16.6 Å². The smallest absolute Gasteiger partial charge is 0.243 e. The molecular weight excluding hydrogens is 352 g/mol. The van der Waals surface area contributed by atoms with E-state index >= 15 is 0 Å². The zero-order valence-electron chi connectivity index (χ0n) is 14.7. The Hall–Kier alpha value is -1.34. The molecule has 0 atom stereocenters. The van der Waals surface area contributed by atoms with Gasteiger partial charge in [-0.15, -0.1) is 11.8 Å². The lowest BCUT2D eigenvalue weighted by Crippen LogP contribution is -3.13. The molecule has 0 aromatic heterocycles. The SMILES string of the molecule is CSc1ccc(C[NH+]2CCN(S(=O)(=O)c3ccc(C)cc3)CC2)cc1. The molecule has 25 heavy (non-hydrogen) atoms. The lowest BCUT2D eigenvalue weighted by Gasteiger charge is -2.31. The molecule has 0 unspecified atom stereocenters. The maximum Gasteiger partial charge on any atom is 0.243 e. The number of sulfonamides is 1. The van der Waals surface area contributed by atoms with Crippen LogP contribution in [0.25, 0.3) is 0 Å². The number of hydrogen-bond acceptors (Lipinski definition) is 3. The van der Waals surface area contributed by atoms with Gasteiger partial charge in [-0.1, -0.05) is 29.8 Å². The summed E-state index contributed by atoms with van der Waals surface area (Å²) in [7, 11) is -3.37. The highest BCUT2D eigenvalue weighted by atomic mass is 32.2. The quantitative estimate of drug-likeness (QED) is 0.808. The van der Waals surface area contributed by atoms with Crippen LogP contribution in [0.5, 0.6) is 0 Å². The molecule has 1 heterocycles. The number of hydrogen-bond donors (Lipinski definition) is 1. The Morgan fingerprint density at radius 3 is 2.16 bits per heavy atom. The van der Waals surface area contributed by atoms with E-state index in [4.69, 9.17) is 0 Å². The van der Waals surface area contributed by atoms with E-state index in [2.05, 4.69) is 30.5 Å². The number of nitrogens with one attached hydrogen (secondary N) is 1. The molecule has 0 saturated carbocycles. The first-order valence-electron chi connectivity index (χ1n) is 8.52. The highest BCUT2D eigenvalue weighted by molar-refractivity contribution is 7.98. The van der Waals surface area contributed by atoms with Gasteiger partial charge in [-0.05, 0) is 37.4 Å². The number of rotatable bonds is 5. The number of benzene rings is 2. The molecule has 2 aromatic rings. The van der Waals surface area contributed by atoms with Crippen LogP contribution in [0.15, 0.2) is 58.3 Å². The van der Waals surface area contributed by atoms with Crippen LogP contribution in [0.4, 0.5) is 0 Å². The second-order valence-corrected chi connectivity index (χ2v) is 9.31. The molecule has 134 valence electrons. The fourth-order valence-corrected chi connectivity index (χ4v) is 4.96. The Bertz CT molecular complexity index is 794. The summed E-state index contributed by atoms with van der Waals surface area (Å²) < 4.78 is 27.1. The minimum Gasteiger partial charge on any atom is -0.329 e. The van der Waals surface area contributed by atoms with E-state index in [0.717, 1.165) is 25.2 Å². The van der Waals surface area contributed by atoms with Crippen molar-refractivity contribution in [1.29, 1.82) is 0 Å². The van der Waals surface area contributed by atoms with Gasteiger partial charge in [0.15, 0.2) is 0 Å². The van der Waals surface area contributed by atoms with Gasteiger partial charge in [0.1, 0.15) is 6.54 Å². The molecule has 4 nitrogen and oxygen atoms in total. The summed E-state index contributed by atoms with van der Waals surface area (Å²) in [5.74, 6) is 0. The fourth-order valence-electron chi connectivity index (χ4n) is 3.11. The lowest BCUT2D eigenvalue weighted by atomic mass is 10.2. The third kappa shape index (κ3) is 4.44. The van der Waals surface area contributed by atoms with Crippen molar-refractivity contribution >= 4 is 21.8 Å². The minimum absolute atomic E-state index is 0.397. The molecule has 1 N–H and O–H groups in total. The van der Waals surface area contributed by atoms with Gasteiger partial charge >= 0.3 is 0 Å². The first kappa shape index (κ1) is 18.5. The van der Waals surface area contributed by atoms with Crippen LogP contribution >= 0.6 is 11.8 Å². The normalized spacial score (nSPS) is 16.9. The minimum atomic E-state index is -3.37. The molecule has 1 aliphatic rings. The Kier molecular flexibility index (Phi) is 5.84. The standard InChI is InChI=1S/C19H24N2O2S2/c1-16-3-9-19(10-4-16)25(22,23)21-13-11-20(12-14-21)15-17-5-7-18(24-2)8-6-17/h3-10H,11-15H2,1-2H3/p+1. The predicted octanol–water partition coefficient (Wildman–Crippen LogP) is 1.81. The van der Waals surface area contributed by atoms with Crippen molar-refractivity contribution in [2.75, 3.05) is 32.4 Å². The average Bonchev–Trinajstić information content (AvgIpc) is 2.63. The summed E-state index contributed by atoms with van der Waals surface area (Å²) in [4.78, 5) is 3.11. The number of nitrogens with zero attached hydrogens (tertiary/aromatic N) is 1. The maximum absolute atomic E-state index is 12.7. The molecular formula is C19H25N2O2S2+. The zero-order valence-corrected chi connectivity index (χ0v) is 16.4. The van der Waals surface area contributed by atoms with Crippen LogP contribution < -0.4 is 4.90 Å². The Labute approximate surface area is 154 Å². The molecule has 6 heteroatoms. The number of quaternary nitrogens is 1. The molecule has 2 aromatic carbocycles. The van der Waals surface area contributed by atoms with E-state index < -0.39 is 10.0 Å². The Balaban J connectivity index is 1.60. The molecule has 0 radical (unpaired) electrons. The topological polar surface area (TPSA) is 41.8 Å². The summed E-state index contributed by atoms with van der Waals surface area (Å²) in [6.07, 6.45) is 2.08. The number of aryl methyl sites for hydroxylation is 1. The Morgan fingerprint density at radius 2 is 1.60 bits per heavy atom. The molecule has 1 saturated heterocycles. The number of thioether (sulfide) groups is 1. The fraction of sp³-hybridized carbons (Fsp3) is 0.368. The highest BCUT2D eigenvalue weighted by Crippen LogP contribution is 2.17. The molecule has 1 fully saturated rings. The van der Waals surface area contributed by atoms with Crippen molar-refractivity contribution in [1.82, 2.24) is 4.31 Å². The lowest BCUT2D eigenvalue weighted by molar-refractivity contribution is -0.917. The third-order valence-corrected chi connectivity index (χ3v) is 7.36. The van der Waals surface area contributed by atoms with Gasteiger partial charge in [0.2, 0.25) is 10.0 Å². The molecule has 1 aliphatic heterocycles. The van der Waals surface area contributed by atoms with Crippen molar-refractivity contribution in [3.8, 4) is 0 Å². The largest absolute Gasteiger partial charge is 0.329 e. The van der Waals surface area contributed by atoms with Crippen LogP contribution in [0.3, 0.4) is 0 Å². The summed E-state index contributed by atoms with van der Waals surface area (Å²) in [5.41, 5.74) is 2.38. The molecule has 0 spiro atoms. The van der Waals surface area contributed by atoms with E-state index in [9.17, 15) is 8.42 Å². The van der Waals surface area contributed by atoms with Crippen LogP contribution in [0.2, 0.25) is 0 Å². The van der Waals surface area contributed by atoms with Crippen molar-refractivity contribution in [2.24, 2.45) is 0 Å². The predicted molar refractivity (Wildman–Crippen MR) is 103 cm³/mol. The average molecular weight is 378 g/mol. The van der Waals surface area contributed by atoms with Gasteiger partial charge in [-0.25, -0.2) is 8.42 Å². The van der Waals surface area contributed by atoms with Crippen molar-refractivity contribution < 1.29 is 13.3 Å². The van der Waals surface area contributed by atoms with Crippen LogP contribution in [0.1, 0.15) is 11.1 Å². The molecule has 3 rings (SSSR count). The molecule has 0 aliphatic carbocycles. The van der Waals surface area contributed by atoms with Crippen molar-refractivity contribution in [2.45, 2.75) is 23.3 Å². The maximum atomic E-state index is 12.7. The first-order valence-corrected chi connectivity index (χ1v) is 11.2. The van der Waals surface area contributed by atoms with E-state index in [-0.39, 0.29) is 0 Å². The number of piperazine rings is 1. The van der Waals surface area contributed by atoms with Crippen LogP contribution in [-0.4, -0.2) is 45.2 Å². The van der Waals surface area contributed by atoms with E-state index in [0.29, 0.717) is 18.0 Å². The summed E-state index contributed by atoms with van der Waals surface area (Å²) >= 11 is 1.75. The summed E-state index contributed by atoms with van der Waals surface area (Å²) in [6, 6.07) is 15.8. The first-order chi connectivity index (χ1) is 12.0. The van der Waals surface area contributed by atoms with E-state index in [1.807, 2.05) is 19.1 Å². The van der Waals surface area contributed by atoms with Gasteiger partial charge in [-0.2, -0.15) is 4.31 Å². The molecule has 0 bridgehead atoms. The second-order valence-electron chi connectivity index (χ2n) is 6.49. The zero-order chi connectivity index (χ0) is 17.9. The summed E-state index contributed by atoms with van der Waals surface area (Å²) in [6.45, 7) is 5.75. The second kappa shape index (κ2) is 7.91. The van der Waals surface area contributed by atoms with Crippen molar-refractivity contribution in [3.05, 3.63) is 59.7 Å². The van der Waals surface area contributed by atoms with Crippen LogP contribution in [0, 0.1) is 6.92 Å². The van der Waals surface area contributed by atoms with Gasteiger partial charge in [0.05, 0.1) is 31.1 Å². The highest BCUT2D eigenvalue weighted by Gasteiger charge is 2.30. The third-order valence-electron chi connectivity index (χ3n) is 4.70. The van der Waals surface area contributed by atoms with Crippen molar-refractivity contribution in [3.63, 3.8) is 0 Å². The summed E-state index contributed by atoms with van der Waals surface area (Å²) in [5, 5.41) is 0. The van der Waals surface area contributed by atoms with Gasteiger partial charge in [0, 0.05) is 10.5 Å². The van der Waals surface area contributed by atoms with E-state index in [1.54, 1.807) is 28.2 Å². The monoisotopic (exact) mass is 377 g/mol. The van der Waals surface area contributed by atoms with E-state index in [1.165, 1.54) is 15.4 Å². The van der Waals surface area contributed by atoms with Gasteiger partial charge in [-0.3, -0.25) is 0 Å². The van der Waals surface area contributed by atoms with Gasteiger partial charge in [0.25, 0.3) is 0 Å². The van der Waals surface area contributed by atoms with Gasteiger partial charge < -0.3 is 4.90 Å². The Morgan fingerprint density at radius 1 is 1.00 bits per heavy atom. The molecule has 0 amide bonds.